The first kappa shape index (κ1) is 20.7. The number of hydrogen-bond acceptors (Lipinski definition) is 5. The van der Waals surface area contributed by atoms with E-state index in [0.29, 0.717) is 28.3 Å². The first-order valence-corrected chi connectivity index (χ1v) is 9.23. The lowest BCUT2D eigenvalue weighted by Crippen LogP contribution is -2.24. The molecular weight excluding hydrogens is 382 g/mol. The maximum absolute atomic E-state index is 13.1. The van der Waals surface area contributed by atoms with Crippen molar-refractivity contribution in [3.63, 3.8) is 0 Å². The van der Waals surface area contributed by atoms with E-state index in [-0.39, 0.29) is 23.9 Å². The minimum absolute atomic E-state index is 0.00364. The molecule has 3 rings (SSSR count). The first-order chi connectivity index (χ1) is 14.5. The van der Waals surface area contributed by atoms with E-state index in [0.717, 1.165) is 10.9 Å². The van der Waals surface area contributed by atoms with E-state index >= 15 is 0 Å². The summed E-state index contributed by atoms with van der Waals surface area (Å²) in [6.45, 7) is 1.66. The standard InChI is InChI=1S/C23H21N3O4/c1-14-22(17-6-4-5-7-18(17)26-14)23(28)16(12-24)10-15-8-9-19(20(11-15)29-3)30-13-21(27)25-2/h4-11,26H,13H2,1-3H3,(H,25,27)/b16-10+. The van der Waals surface area contributed by atoms with Crippen molar-refractivity contribution < 1.29 is 19.1 Å². The Labute approximate surface area is 173 Å². The van der Waals surface area contributed by atoms with Gasteiger partial charge >= 0.3 is 0 Å². The number of nitrogens with one attached hydrogen (secondary N) is 2. The summed E-state index contributed by atoms with van der Waals surface area (Å²) in [5.41, 5.74) is 2.63. The number of para-hydroxylation sites is 1. The Hall–Kier alpha value is -4.05. The number of nitriles is 1. The molecule has 0 bridgehead atoms. The summed E-state index contributed by atoms with van der Waals surface area (Å²) in [5.74, 6) is 0.148. The topological polar surface area (TPSA) is 104 Å². The number of aryl methyl sites for hydroxylation is 1. The number of allylic oxidation sites excluding steroid dienone is 1. The van der Waals surface area contributed by atoms with Gasteiger partial charge in [-0.15, -0.1) is 0 Å². The van der Waals surface area contributed by atoms with Gasteiger partial charge in [0.2, 0.25) is 5.78 Å². The van der Waals surface area contributed by atoms with E-state index in [4.69, 9.17) is 9.47 Å². The number of likely N-dealkylation sites (N-methyl/N-ethyl adjacent to an activating group) is 1. The fraction of sp³-hybridized carbons (Fsp3) is 0.174. The van der Waals surface area contributed by atoms with Gasteiger partial charge in [0.25, 0.3) is 5.91 Å². The largest absolute Gasteiger partial charge is 0.493 e. The van der Waals surface area contributed by atoms with Crippen LogP contribution in [0, 0.1) is 18.3 Å². The molecule has 0 spiro atoms. The number of fused-ring (bicyclic) bond motifs is 1. The zero-order chi connectivity index (χ0) is 21.7. The smallest absolute Gasteiger partial charge is 0.257 e. The van der Waals surface area contributed by atoms with Gasteiger partial charge in [0.15, 0.2) is 18.1 Å². The third-order valence-electron chi connectivity index (χ3n) is 4.62. The van der Waals surface area contributed by atoms with Gasteiger partial charge < -0.3 is 19.8 Å². The molecule has 2 N–H and O–H groups in total. The highest BCUT2D eigenvalue weighted by atomic mass is 16.5. The number of benzene rings is 2. The molecular formula is C23H21N3O4. The fourth-order valence-electron chi connectivity index (χ4n) is 3.13. The molecule has 0 fully saturated rings. The van der Waals surface area contributed by atoms with Crippen LogP contribution in [0.25, 0.3) is 17.0 Å². The number of hydrogen-bond donors (Lipinski definition) is 2. The number of aromatic nitrogens is 1. The van der Waals surface area contributed by atoms with E-state index in [1.807, 2.05) is 37.3 Å². The van der Waals surface area contributed by atoms with Crippen LogP contribution in [0.5, 0.6) is 11.5 Å². The third-order valence-corrected chi connectivity index (χ3v) is 4.62. The average molecular weight is 403 g/mol. The number of ketones is 1. The lowest BCUT2D eigenvalue weighted by Gasteiger charge is -2.11. The van der Waals surface area contributed by atoms with Crippen molar-refractivity contribution in [2.45, 2.75) is 6.92 Å². The molecule has 7 heteroatoms. The van der Waals surface area contributed by atoms with Crippen molar-refractivity contribution in [1.82, 2.24) is 10.3 Å². The molecule has 1 heterocycles. The molecule has 0 atom stereocenters. The normalized spacial score (nSPS) is 11.1. The Morgan fingerprint density at radius 3 is 2.67 bits per heavy atom. The van der Waals surface area contributed by atoms with E-state index in [9.17, 15) is 14.9 Å². The Morgan fingerprint density at radius 1 is 1.20 bits per heavy atom. The minimum Gasteiger partial charge on any atom is -0.493 e. The fourth-order valence-corrected chi connectivity index (χ4v) is 3.13. The second-order valence-electron chi connectivity index (χ2n) is 6.54. The highest BCUT2D eigenvalue weighted by molar-refractivity contribution is 6.20. The first-order valence-electron chi connectivity index (χ1n) is 9.23. The molecule has 0 unspecified atom stereocenters. The van der Waals surface area contributed by atoms with Crippen LogP contribution >= 0.6 is 0 Å². The number of methoxy groups -OCH3 is 1. The van der Waals surface area contributed by atoms with Crippen molar-refractivity contribution >= 4 is 28.7 Å². The van der Waals surface area contributed by atoms with Crippen molar-refractivity contribution in [1.29, 1.82) is 5.26 Å². The number of Topliss-reactive ketones (excluding diaryl/α,β-unsaturated/α-hetero) is 1. The molecule has 30 heavy (non-hydrogen) atoms. The maximum atomic E-state index is 13.1. The van der Waals surface area contributed by atoms with Crippen LogP contribution in [0.3, 0.4) is 0 Å². The molecule has 2 aromatic carbocycles. The molecule has 7 nitrogen and oxygen atoms in total. The number of amides is 1. The van der Waals surface area contributed by atoms with Gasteiger partial charge in [0.1, 0.15) is 11.6 Å². The molecule has 0 saturated heterocycles. The molecule has 152 valence electrons. The molecule has 0 aliphatic carbocycles. The van der Waals surface area contributed by atoms with Crippen LogP contribution in [0.15, 0.2) is 48.0 Å². The van der Waals surface area contributed by atoms with E-state index in [1.165, 1.54) is 20.2 Å². The van der Waals surface area contributed by atoms with Crippen molar-refractivity contribution in [3.8, 4) is 17.6 Å². The summed E-state index contributed by atoms with van der Waals surface area (Å²) in [6.07, 6.45) is 1.51. The number of rotatable bonds is 7. The predicted molar refractivity (Wildman–Crippen MR) is 114 cm³/mol. The van der Waals surface area contributed by atoms with Crippen LogP contribution in [0.4, 0.5) is 0 Å². The Bertz CT molecular complexity index is 1180. The second-order valence-corrected chi connectivity index (χ2v) is 6.54. The minimum atomic E-state index is -0.355. The van der Waals surface area contributed by atoms with Gasteiger partial charge in [-0.05, 0) is 36.8 Å². The quantitative estimate of drug-likeness (QED) is 0.357. The molecule has 0 saturated carbocycles. The van der Waals surface area contributed by atoms with Gasteiger partial charge in [-0.3, -0.25) is 9.59 Å². The molecule has 0 aliphatic rings. The molecule has 0 aliphatic heterocycles. The number of nitrogens with zero attached hydrogens (tertiary/aromatic N) is 1. The van der Waals surface area contributed by atoms with Crippen molar-refractivity contribution in [2.75, 3.05) is 20.8 Å². The van der Waals surface area contributed by atoms with Gasteiger partial charge in [0.05, 0.1) is 12.7 Å². The van der Waals surface area contributed by atoms with Gasteiger partial charge in [0, 0.05) is 23.6 Å². The van der Waals surface area contributed by atoms with Crippen LogP contribution in [-0.4, -0.2) is 37.4 Å². The Balaban J connectivity index is 1.94. The van der Waals surface area contributed by atoms with Gasteiger partial charge in [-0.1, -0.05) is 24.3 Å². The predicted octanol–water partition coefficient (Wildman–Crippen LogP) is 3.40. The van der Waals surface area contributed by atoms with Gasteiger partial charge in [-0.2, -0.15) is 5.26 Å². The summed E-state index contributed by atoms with van der Waals surface area (Å²) in [4.78, 5) is 27.7. The summed E-state index contributed by atoms with van der Waals surface area (Å²) in [7, 11) is 2.99. The average Bonchev–Trinajstić information content (AvgIpc) is 3.11. The van der Waals surface area contributed by atoms with Crippen LogP contribution < -0.4 is 14.8 Å². The van der Waals surface area contributed by atoms with E-state index in [2.05, 4.69) is 10.3 Å². The number of H-pyrrole nitrogens is 1. The van der Waals surface area contributed by atoms with Crippen LogP contribution in [0.1, 0.15) is 21.6 Å². The third kappa shape index (κ3) is 4.18. The zero-order valence-corrected chi connectivity index (χ0v) is 16.9. The highest BCUT2D eigenvalue weighted by Crippen LogP contribution is 2.30. The lowest BCUT2D eigenvalue weighted by molar-refractivity contribution is -0.122. The lowest BCUT2D eigenvalue weighted by atomic mass is 9.99. The van der Waals surface area contributed by atoms with Crippen molar-refractivity contribution in [2.24, 2.45) is 0 Å². The summed E-state index contributed by atoms with van der Waals surface area (Å²) in [6, 6.07) is 14.4. The van der Waals surface area contributed by atoms with E-state index in [1.54, 1.807) is 18.2 Å². The SMILES string of the molecule is CNC(=O)COc1ccc(/C=C(\C#N)C(=O)c2c(C)[nH]c3ccccc23)cc1OC. The van der Waals surface area contributed by atoms with Crippen molar-refractivity contribution in [3.05, 3.63) is 64.9 Å². The molecule has 0 radical (unpaired) electrons. The molecule has 3 aromatic rings. The van der Waals surface area contributed by atoms with E-state index < -0.39 is 0 Å². The Morgan fingerprint density at radius 2 is 1.97 bits per heavy atom. The van der Waals surface area contributed by atoms with Gasteiger partial charge in [-0.25, -0.2) is 0 Å². The summed E-state index contributed by atoms with van der Waals surface area (Å²) >= 11 is 0. The number of ether oxygens (including phenoxy) is 2. The number of aromatic amines is 1. The molecule has 1 aromatic heterocycles. The van der Waals surface area contributed by atoms with Crippen LogP contribution in [-0.2, 0) is 4.79 Å². The monoisotopic (exact) mass is 403 g/mol. The second kappa shape index (κ2) is 8.97. The number of carbonyl (C=O) groups excluding carboxylic acids is 2. The highest BCUT2D eigenvalue weighted by Gasteiger charge is 2.20. The Kier molecular flexibility index (Phi) is 6.18. The summed E-state index contributed by atoms with van der Waals surface area (Å²) in [5, 5.41) is 12.9. The zero-order valence-electron chi connectivity index (χ0n) is 16.9. The maximum Gasteiger partial charge on any atom is 0.257 e. The number of carbonyl (C=O) groups is 2. The molecule has 1 amide bonds. The summed E-state index contributed by atoms with van der Waals surface area (Å²) < 4.78 is 10.8. The van der Waals surface area contributed by atoms with Crippen LogP contribution in [0.2, 0.25) is 0 Å².